The molecular weight excluding hydrogens is 391 g/mol. The summed E-state index contributed by atoms with van der Waals surface area (Å²) in [6.45, 7) is 0. The quantitative estimate of drug-likeness (QED) is 0.473. The maximum Gasteiger partial charge on any atom is 0.310 e. The van der Waals surface area contributed by atoms with Gasteiger partial charge in [-0.25, -0.2) is 4.68 Å². The normalized spacial score (nSPS) is 14.3. The van der Waals surface area contributed by atoms with Crippen LogP contribution >= 0.6 is 10.2 Å². The molecule has 146 valence electrons. The summed E-state index contributed by atoms with van der Waals surface area (Å²) in [5.74, 6) is 0.843. The predicted molar refractivity (Wildman–Crippen MR) is 93.5 cm³/mol. The Morgan fingerprint density at radius 2 is 1.56 bits per heavy atom. The van der Waals surface area contributed by atoms with Crippen molar-refractivity contribution < 1.29 is 28.9 Å². The third-order valence-corrected chi connectivity index (χ3v) is 4.97. The standard InChI is InChI=1S/C17H15F5N2O2S/c1-25-16-7-6-13(11-17(16)26-2)24-15(8-9-23-24)12-4-3-5-14(10-12)27(18,19,20,21)22/h3-11H,1-2H3. The molecule has 3 rings (SSSR count). The molecule has 1 aromatic heterocycles. The van der Waals surface area contributed by atoms with Crippen LogP contribution in [0.25, 0.3) is 16.9 Å². The van der Waals surface area contributed by atoms with Crippen molar-refractivity contribution in [3.63, 3.8) is 0 Å². The molecular formula is C17H15F5N2O2S. The van der Waals surface area contributed by atoms with Crippen LogP contribution in [-0.2, 0) is 0 Å². The Balaban J connectivity index is 2.12. The zero-order valence-corrected chi connectivity index (χ0v) is 15.0. The molecule has 10 heteroatoms. The first-order chi connectivity index (χ1) is 12.4. The smallest absolute Gasteiger partial charge is 0.310 e. The Morgan fingerprint density at radius 1 is 0.852 bits per heavy atom. The van der Waals surface area contributed by atoms with Crippen LogP contribution in [0.15, 0.2) is 59.6 Å². The summed E-state index contributed by atoms with van der Waals surface area (Å²) in [5.41, 5.74) is 0.629. The predicted octanol–water partition coefficient (Wildman–Crippen LogP) is 6.21. The van der Waals surface area contributed by atoms with Gasteiger partial charge in [0.05, 0.1) is 31.8 Å². The Labute approximate surface area is 151 Å². The van der Waals surface area contributed by atoms with Crippen LogP contribution in [0.5, 0.6) is 11.5 Å². The Bertz CT molecular complexity index is 1000. The van der Waals surface area contributed by atoms with Crippen molar-refractivity contribution in [3.8, 4) is 28.4 Å². The van der Waals surface area contributed by atoms with Crippen molar-refractivity contribution in [2.45, 2.75) is 4.90 Å². The van der Waals surface area contributed by atoms with Gasteiger partial charge in [-0.2, -0.15) is 5.10 Å². The monoisotopic (exact) mass is 406 g/mol. The maximum atomic E-state index is 13.1. The van der Waals surface area contributed by atoms with Crippen LogP contribution in [0.4, 0.5) is 19.4 Å². The number of nitrogens with zero attached hydrogens (tertiary/aromatic N) is 2. The summed E-state index contributed by atoms with van der Waals surface area (Å²) in [5, 5.41) is 4.08. The van der Waals surface area contributed by atoms with Gasteiger partial charge in [0.15, 0.2) is 11.5 Å². The van der Waals surface area contributed by atoms with Crippen molar-refractivity contribution in [3.05, 3.63) is 54.7 Å². The van der Waals surface area contributed by atoms with E-state index in [-0.39, 0.29) is 11.3 Å². The number of benzene rings is 2. The van der Waals surface area contributed by atoms with E-state index in [9.17, 15) is 19.4 Å². The molecule has 0 radical (unpaired) electrons. The van der Waals surface area contributed by atoms with Gasteiger partial charge in [0, 0.05) is 11.6 Å². The number of ether oxygens (including phenoxy) is 2. The highest BCUT2D eigenvalue weighted by atomic mass is 32.5. The van der Waals surface area contributed by atoms with E-state index in [1.54, 1.807) is 18.2 Å². The molecule has 0 aliphatic heterocycles. The highest BCUT2D eigenvalue weighted by Gasteiger charge is 2.65. The van der Waals surface area contributed by atoms with E-state index in [1.807, 2.05) is 0 Å². The summed E-state index contributed by atoms with van der Waals surface area (Å²) in [6.07, 6.45) is 1.36. The molecule has 4 nitrogen and oxygen atoms in total. The molecule has 27 heavy (non-hydrogen) atoms. The molecule has 0 saturated heterocycles. The fourth-order valence-corrected chi connectivity index (χ4v) is 3.27. The van der Waals surface area contributed by atoms with E-state index >= 15 is 0 Å². The lowest BCUT2D eigenvalue weighted by molar-refractivity contribution is 0.355. The number of aromatic nitrogens is 2. The molecule has 0 fully saturated rings. The molecule has 0 N–H and O–H groups in total. The van der Waals surface area contributed by atoms with Crippen LogP contribution in [-0.4, -0.2) is 24.0 Å². The van der Waals surface area contributed by atoms with Crippen LogP contribution in [0.2, 0.25) is 0 Å². The van der Waals surface area contributed by atoms with Gasteiger partial charge in [-0.15, -0.1) is 0 Å². The van der Waals surface area contributed by atoms with Crippen LogP contribution in [0.1, 0.15) is 0 Å². The lowest BCUT2D eigenvalue weighted by Gasteiger charge is -2.40. The van der Waals surface area contributed by atoms with Gasteiger partial charge >= 0.3 is 10.2 Å². The molecule has 3 aromatic rings. The second kappa shape index (κ2) is 5.62. The minimum absolute atomic E-state index is 0.0481. The van der Waals surface area contributed by atoms with Gasteiger partial charge in [0.1, 0.15) is 4.90 Å². The number of rotatable bonds is 5. The van der Waals surface area contributed by atoms with E-state index in [0.29, 0.717) is 29.3 Å². The second-order valence-corrected chi connectivity index (χ2v) is 8.07. The number of halogens is 5. The van der Waals surface area contributed by atoms with Gasteiger partial charge in [0.25, 0.3) is 0 Å². The second-order valence-electron chi connectivity index (χ2n) is 5.66. The van der Waals surface area contributed by atoms with Crippen molar-refractivity contribution in [2.24, 2.45) is 0 Å². The molecule has 0 amide bonds. The summed E-state index contributed by atoms with van der Waals surface area (Å²) in [7, 11) is -6.89. The largest absolute Gasteiger partial charge is 0.493 e. The minimum Gasteiger partial charge on any atom is -0.493 e. The average molecular weight is 406 g/mol. The zero-order chi connectivity index (χ0) is 19.9. The fourth-order valence-electron chi connectivity index (χ4n) is 2.58. The Kier molecular flexibility index (Phi) is 3.96. The van der Waals surface area contributed by atoms with Crippen molar-refractivity contribution in [1.82, 2.24) is 9.78 Å². The van der Waals surface area contributed by atoms with Gasteiger partial charge in [-0.05, 0) is 30.3 Å². The molecule has 1 heterocycles. The highest BCUT2D eigenvalue weighted by Crippen LogP contribution is 3.02. The molecule has 0 aliphatic rings. The van der Waals surface area contributed by atoms with E-state index in [0.717, 1.165) is 6.07 Å². The minimum atomic E-state index is -9.78. The summed E-state index contributed by atoms with van der Waals surface area (Å²) >= 11 is 0. The Morgan fingerprint density at radius 3 is 2.19 bits per heavy atom. The number of hydrogen-bond acceptors (Lipinski definition) is 3. The molecule has 0 saturated carbocycles. The van der Waals surface area contributed by atoms with E-state index in [4.69, 9.17) is 9.47 Å². The average Bonchev–Trinajstić information content (AvgIpc) is 3.09. The summed E-state index contributed by atoms with van der Waals surface area (Å²) < 4.78 is 77.3. The van der Waals surface area contributed by atoms with Crippen molar-refractivity contribution in [2.75, 3.05) is 14.2 Å². The van der Waals surface area contributed by atoms with Crippen LogP contribution < -0.4 is 9.47 Å². The van der Waals surface area contributed by atoms with Gasteiger partial charge in [-0.3, -0.25) is 0 Å². The summed E-state index contributed by atoms with van der Waals surface area (Å²) in [6, 6.07) is 9.26. The van der Waals surface area contributed by atoms with E-state index in [1.165, 1.54) is 37.2 Å². The zero-order valence-electron chi connectivity index (χ0n) is 14.2. The van der Waals surface area contributed by atoms with Gasteiger partial charge < -0.3 is 9.47 Å². The van der Waals surface area contributed by atoms with Gasteiger partial charge in [0.2, 0.25) is 0 Å². The summed E-state index contributed by atoms with van der Waals surface area (Å²) in [4.78, 5) is -1.95. The molecule has 0 unspecified atom stereocenters. The van der Waals surface area contributed by atoms with E-state index < -0.39 is 15.1 Å². The third kappa shape index (κ3) is 3.85. The van der Waals surface area contributed by atoms with E-state index in [2.05, 4.69) is 5.10 Å². The lowest BCUT2D eigenvalue weighted by Crippen LogP contribution is -2.06. The topological polar surface area (TPSA) is 36.3 Å². The first-order valence-electron chi connectivity index (χ1n) is 7.54. The molecule has 0 bridgehead atoms. The van der Waals surface area contributed by atoms with Crippen molar-refractivity contribution >= 4 is 10.2 Å². The fraction of sp³-hybridized carbons (Fsp3) is 0.118. The number of hydrogen-bond donors (Lipinski definition) is 0. The Hall–Kier alpha value is -2.75. The first kappa shape index (κ1) is 19.0. The molecule has 0 atom stereocenters. The maximum absolute atomic E-state index is 13.1. The highest BCUT2D eigenvalue weighted by molar-refractivity contribution is 8.45. The molecule has 0 aliphatic carbocycles. The number of methoxy groups -OCH3 is 2. The van der Waals surface area contributed by atoms with Crippen LogP contribution in [0.3, 0.4) is 0 Å². The van der Waals surface area contributed by atoms with Crippen molar-refractivity contribution in [1.29, 1.82) is 0 Å². The SMILES string of the molecule is COc1ccc(-n2nccc2-c2cccc(S(F)(F)(F)(F)F)c2)cc1OC. The van der Waals surface area contributed by atoms with Gasteiger partial charge in [-0.1, -0.05) is 31.6 Å². The molecule has 0 spiro atoms. The molecule has 2 aromatic carbocycles. The first-order valence-corrected chi connectivity index (χ1v) is 9.49. The third-order valence-electron chi connectivity index (χ3n) is 3.83. The van der Waals surface area contributed by atoms with Crippen LogP contribution in [0, 0.1) is 0 Å². The lowest BCUT2D eigenvalue weighted by atomic mass is 10.1.